The quantitative estimate of drug-likeness (QED) is 0.763. The number of nitrogen functional groups attached to an aromatic ring is 1. The van der Waals surface area contributed by atoms with Gasteiger partial charge in [-0.25, -0.2) is 15.0 Å². The molecule has 3 rings (SSSR count). The number of nitrogens with zero attached hydrogens (tertiary/aromatic N) is 4. The fourth-order valence-corrected chi connectivity index (χ4v) is 2.53. The van der Waals surface area contributed by atoms with Gasteiger partial charge in [0.15, 0.2) is 11.5 Å². The van der Waals surface area contributed by atoms with Gasteiger partial charge in [0.1, 0.15) is 11.8 Å². The second-order valence-corrected chi connectivity index (χ2v) is 4.50. The Morgan fingerprint density at radius 1 is 1.24 bits per heavy atom. The molecule has 1 aliphatic rings. The van der Waals surface area contributed by atoms with E-state index >= 15 is 0 Å². The number of aliphatic hydroxyl groups is 1. The topological polar surface area (TPSA) is 89.9 Å². The molecular weight excluding hydrogens is 218 g/mol. The third kappa shape index (κ3) is 1.64. The molecule has 0 amide bonds. The van der Waals surface area contributed by atoms with Crippen molar-refractivity contribution in [3.63, 3.8) is 0 Å². The molecule has 0 aliphatic heterocycles. The van der Waals surface area contributed by atoms with Gasteiger partial charge >= 0.3 is 0 Å². The molecule has 90 valence electrons. The minimum atomic E-state index is -0.322. The van der Waals surface area contributed by atoms with Crippen LogP contribution in [0.4, 0.5) is 5.82 Å². The summed E-state index contributed by atoms with van der Waals surface area (Å²) in [4.78, 5) is 12.4. The standard InChI is InChI=1S/C11H15N5O/c12-10-9-11(14-5-13-10)16(6-15-9)7-3-1-2-4-8(7)17/h5-8,17H,1-4H2,(H2,12,13,14)/t7-,8+/m0/s1. The minimum Gasteiger partial charge on any atom is -0.391 e. The summed E-state index contributed by atoms with van der Waals surface area (Å²) in [5.41, 5.74) is 7.07. The number of hydrogen-bond donors (Lipinski definition) is 2. The van der Waals surface area contributed by atoms with Gasteiger partial charge in [-0.1, -0.05) is 12.8 Å². The number of anilines is 1. The van der Waals surface area contributed by atoms with Crippen molar-refractivity contribution in [1.29, 1.82) is 0 Å². The first-order chi connectivity index (χ1) is 8.27. The molecule has 0 unspecified atom stereocenters. The number of aromatic nitrogens is 4. The van der Waals surface area contributed by atoms with Gasteiger partial charge in [-0.3, -0.25) is 0 Å². The van der Waals surface area contributed by atoms with E-state index in [1.54, 1.807) is 6.33 Å². The zero-order chi connectivity index (χ0) is 11.8. The number of aliphatic hydroxyl groups excluding tert-OH is 1. The highest BCUT2D eigenvalue weighted by molar-refractivity contribution is 5.81. The van der Waals surface area contributed by atoms with E-state index in [-0.39, 0.29) is 12.1 Å². The summed E-state index contributed by atoms with van der Waals surface area (Å²) in [5, 5.41) is 10.0. The van der Waals surface area contributed by atoms with E-state index in [0.29, 0.717) is 17.0 Å². The maximum absolute atomic E-state index is 10.0. The molecule has 3 N–H and O–H groups in total. The molecule has 0 aromatic carbocycles. The summed E-state index contributed by atoms with van der Waals surface area (Å²) in [6.07, 6.45) is 6.82. The fraction of sp³-hybridized carbons (Fsp3) is 0.545. The van der Waals surface area contributed by atoms with Crippen LogP contribution in [-0.2, 0) is 0 Å². The van der Waals surface area contributed by atoms with E-state index in [4.69, 9.17) is 5.73 Å². The van der Waals surface area contributed by atoms with Crippen molar-refractivity contribution in [3.8, 4) is 0 Å². The van der Waals surface area contributed by atoms with E-state index in [1.165, 1.54) is 6.33 Å². The van der Waals surface area contributed by atoms with Gasteiger partial charge in [0.25, 0.3) is 0 Å². The monoisotopic (exact) mass is 233 g/mol. The number of hydrogen-bond acceptors (Lipinski definition) is 5. The molecule has 6 nitrogen and oxygen atoms in total. The lowest BCUT2D eigenvalue weighted by molar-refractivity contribution is 0.0770. The molecule has 17 heavy (non-hydrogen) atoms. The van der Waals surface area contributed by atoms with Crippen molar-refractivity contribution in [1.82, 2.24) is 19.5 Å². The van der Waals surface area contributed by atoms with Gasteiger partial charge < -0.3 is 15.4 Å². The average molecular weight is 233 g/mol. The molecule has 6 heteroatoms. The van der Waals surface area contributed by atoms with Gasteiger partial charge in [-0.2, -0.15) is 0 Å². The Morgan fingerprint density at radius 2 is 2.06 bits per heavy atom. The highest BCUT2D eigenvalue weighted by Crippen LogP contribution is 2.31. The van der Waals surface area contributed by atoms with Gasteiger partial charge in [-0.15, -0.1) is 0 Å². The summed E-state index contributed by atoms with van der Waals surface area (Å²) >= 11 is 0. The lowest BCUT2D eigenvalue weighted by Gasteiger charge is -2.28. The largest absolute Gasteiger partial charge is 0.391 e. The highest BCUT2D eigenvalue weighted by atomic mass is 16.3. The van der Waals surface area contributed by atoms with Crippen LogP contribution in [0.2, 0.25) is 0 Å². The Bertz CT molecular complexity index is 538. The molecule has 2 aromatic rings. The molecule has 2 aromatic heterocycles. The van der Waals surface area contributed by atoms with E-state index in [9.17, 15) is 5.11 Å². The Labute approximate surface area is 98.5 Å². The molecule has 2 atom stereocenters. The van der Waals surface area contributed by atoms with Crippen molar-refractivity contribution in [3.05, 3.63) is 12.7 Å². The lowest BCUT2D eigenvalue weighted by Crippen LogP contribution is -2.27. The Kier molecular flexibility index (Phi) is 2.44. The van der Waals surface area contributed by atoms with Crippen molar-refractivity contribution < 1.29 is 5.11 Å². The van der Waals surface area contributed by atoms with Crippen LogP contribution in [0.3, 0.4) is 0 Å². The number of imidazole rings is 1. The Balaban J connectivity index is 2.08. The second kappa shape index (κ2) is 3.96. The predicted molar refractivity (Wildman–Crippen MR) is 63.2 cm³/mol. The highest BCUT2D eigenvalue weighted by Gasteiger charge is 2.26. The third-order valence-corrected chi connectivity index (χ3v) is 3.44. The molecular formula is C11H15N5O. The third-order valence-electron chi connectivity index (χ3n) is 3.44. The molecule has 0 saturated heterocycles. The Hall–Kier alpha value is -1.69. The van der Waals surface area contributed by atoms with Crippen LogP contribution in [0.1, 0.15) is 31.7 Å². The van der Waals surface area contributed by atoms with Crippen LogP contribution in [0.5, 0.6) is 0 Å². The Morgan fingerprint density at radius 3 is 2.88 bits per heavy atom. The van der Waals surface area contributed by atoms with E-state index in [2.05, 4.69) is 15.0 Å². The predicted octanol–water partition coefficient (Wildman–Crippen LogP) is 0.884. The maximum atomic E-state index is 10.0. The summed E-state index contributed by atoms with van der Waals surface area (Å²) in [6, 6.07) is 0.0584. The molecule has 1 fully saturated rings. The number of fused-ring (bicyclic) bond motifs is 1. The first-order valence-corrected chi connectivity index (χ1v) is 5.88. The zero-order valence-corrected chi connectivity index (χ0v) is 9.45. The first-order valence-electron chi connectivity index (χ1n) is 5.88. The normalized spacial score (nSPS) is 25.2. The van der Waals surface area contributed by atoms with Gasteiger partial charge in [0.2, 0.25) is 0 Å². The van der Waals surface area contributed by atoms with Crippen LogP contribution in [0.15, 0.2) is 12.7 Å². The molecule has 1 saturated carbocycles. The molecule has 1 aliphatic carbocycles. The fourth-order valence-electron chi connectivity index (χ4n) is 2.53. The zero-order valence-electron chi connectivity index (χ0n) is 9.45. The minimum absolute atomic E-state index is 0.0584. The molecule has 0 bridgehead atoms. The van der Waals surface area contributed by atoms with E-state index in [0.717, 1.165) is 25.7 Å². The summed E-state index contributed by atoms with van der Waals surface area (Å²) in [5.74, 6) is 0.388. The average Bonchev–Trinajstić information content (AvgIpc) is 2.75. The summed E-state index contributed by atoms with van der Waals surface area (Å²) in [6.45, 7) is 0. The van der Waals surface area contributed by atoms with Crippen LogP contribution >= 0.6 is 0 Å². The van der Waals surface area contributed by atoms with Gasteiger partial charge in [0, 0.05) is 0 Å². The number of rotatable bonds is 1. The van der Waals surface area contributed by atoms with Crippen LogP contribution in [-0.4, -0.2) is 30.7 Å². The molecule has 0 spiro atoms. The summed E-state index contributed by atoms with van der Waals surface area (Å²) < 4.78 is 1.93. The van der Waals surface area contributed by atoms with Crippen molar-refractivity contribution in [2.24, 2.45) is 0 Å². The van der Waals surface area contributed by atoms with Crippen molar-refractivity contribution in [2.75, 3.05) is 5.73 Å². The summed E-state index contributed by atoms with van der Waals surface area (Å²) in [7, 11) is 0. The van der Waals surface area contributed by atoms with Gasteiger partial charge in [0.05, 0.1) is 18.5 Å². The first kappa shape index (κ1) is 10.5. The van der Waals surface area contributed by atoms with Crippen LogP contribution in [0, 0.1) is 0 Å². The smallest absolute Gasteiger partial charge is 0.165 e. The lowest BCUT2D eigenvalue weighted by atomic mass is 9.92. The molecule has 0 radical (unpaired) electrons. The van der Waals surface area contributed by atoms with Crippen LogP contribution in [0.25, 0.3) is 11.2 Å². The van der Waals surface area contributed by atoms with Crippen molar-refractivity contribution >= 4 is 17.0 Å². The molecule has 2 heterocycles. The maximum Gasteiger partial charge on any atom is 0.165 e. The van der Waals surface area contributed by atoms with E-state index in [1.807, 2.05) is 4.57 Å². The second-order valence-electron chi connectivity index (χ2n) is 4.50. The number of nitrogens with two attached hydrogens (primary N) is 1. The van der Waals surface area contributed by atoms with Gasteiger partial charge in [-0.05, 0) is 12.8 Å². The SMILES string of the molecule is Nc1ncnc2c1ncn2[C@H]1CCCC[C@H]1O. The van der Waals surface area contributed by atoms with Crippen LogP contribution < -0.4 is 5.73 Å². The van der Waals surface area contributed by atoms with E-state index < -0.39 is 0 Å². The van der Waals surface area contributed by atoms with Crippen molar-refractivity contribution in [2.45, 2.75) is 37.8 Å².